The SMILES string of the molecule is COC1=C(C)C2=CC=C3[C@@](C)(CC[C@@]4(C)[C@@H]5C[C@](C)(C(=O)O)CC[C@]5(C)CC[C@]34C)C2=CC1=O. The highest BCUT2D eigenvalue weighted by molar-refractivity contribution is 6.07. The topological polar surface area (TPSA) is 63.6 Å². The van der Waals surface area contributed by atoms with Gasteiger partial charge in [-0.25, -0.2) is 0 Å². The third-order valence-electron chi connectivity index (χ3n) is 11.6. The zero-order valence-electron chi connectivity index (χ0n) is 21.9. The molecule has 4 heteroatoms. The summed E-state index contributed by atoms with van der Waals surface area (Å²) in [5, 5.41) is 10.1. The van der Waals surface area contributed by atoms with E-state index in [0.717, 1.165) is 61.7 Å². The summed E-state index contributed by atoms with van der Waals surface area (Å²) in [6.45, 7) is 13.6. The molecule has 4 nitrogen and oxygen atoms in total. The van der Waals surface area contributed by atoms with Crippen LogP contribution < -0.4 is 0 Å². The van der Waals surface area contributed by atoms with Gasteiger partial charge in [-0.3, -0.25) is 9.59 Å². The monoisotopic (exact) mass is 464 g/mol. The molecule has 3 saturated carbocycles. The van der Waals surface area contributed by atoms with E-state index >= 15 is 0 Å². The Morgan fingerprint density at radius 2 is 1.68 bits per heavy atom. The fraction of sp³-hybridized carbons (Fsp3) is 0.667. The molecule has 0 aromatic carbocycles. The Morgan fingerprint density at radius 1 is 1.00 bits per heavy atom. The predicted octanol–water partition coefficient (Wildman–Crippen LogP) is 6.79. The van der Waals surface area contributed by atoms with Gasteiger partial charge in [0, 0.05) is 11.0 Å². The highest BCUT2D eigenvalue weighted by Gasteiger charge is 2.67. The Bertz CT molecular complexity index is 1120. The number of aliphatic carboxylic acids is 1. The lowest BCUT2D eigenvalue weighted by Gasteiger charge is -2.70. The number of ketones is 1. The van der Waals surface area contributed by atoms with Crippen LogP contribution in [-0.4, -0.2) is 24.0 Å². The molecule has 0 heterocycles. The van der Waals surface area contributed by atoms with Gasteiger partial charge < -0.3 is 9.84 Å². The number of methoxy groups -OCH3 is 1. The Labute approximate surface area is 204 Å². The first-order valence-electron chi connectivity index (χ1n) is 12.9. The molecule has 0 spiro atoms. The van der Waals surface area contributed by atoms with E-state index in [4.69, 9.17) is 4.74 Å². The second-order valence-electron chi connectivity index (χ2n) is 13.1. The van der Waals surface area contributed by atoms with Crippen molar-refractivity contribution < 1.29 is 19.4 Å². The molecule has 6 atom stereocenters. The maximum Gasteiger partial charge on any atom is 0.309 e. The van der Waals surface area contributed by atoms with E-state index in [1.165, 1.54) is 5.57 Å². The first-order chi connectivity index (χ1) is 15.8. The van der Waals surface area contributed by atoms with E-state index in [9.17, 15) is 14.7 Å². The van der Waals surface area contributed by atoms with Crippen LogP contribution in [0, 0.1) is 33.0 Å². The van der Waals surface area contributed by atoms with E-state index in [-0.39, 0.29) is 27.4 Å². The number of hydrogen-bond donors (Lipinski definition) is 1. The van der Waals surface area contributed by atoms with Crippen molar-refractivity contribution in [2.24, 2.45) is 33.0 Å². The summed E-state index contributed by atoms with van der Waals surface area (Å²) in [6.07, 6.45) is 13.2. The normalized spacial score (nSPS) is 45.7. The molecule has 3 fully saturated rings. The van der Waals surface area contributed by atoms with Crippen molar-refractivity contribution in [2.75, 3.05) is 7.11 Å². The molecule has 184 valence electrons. The van der Waals surface area contributed by atoms with Crippen LogP contribution in [0.25, 0.3) is 0 Å². The molecule has 0 aromatic heterocycles. The molecule has 1 N–H and O–H groups in total. The summed E-state index contributed by atoms with van der Waals surface area (Å²) in [5.41, 5.74) is 4.00. The fourth-order valence-corrected chi connectivity index (χ4v) is 8.90. The molecule has 5 aliphatic rings. The van der Waals surface area contributed by atoms with Crippen molar-refractivity contribution in [1.82, 2.24) is 0 Å². The summed E-state index contributed by atoms with van der Waals surface area (Å²) in [6, 6.07) is 0. The minimum Gasteiger partial charge on any atom is -0.492 e. The number of ether oxygens (including phenoxy) is 1. The van der Waals surface area contributed by atoms with Gasteiger partial charge in [0.15, 0.2) is 5.76 Å². The van der Waals surface area contributed by atoms with Crippen LogP contribution in [0.15, 0.2) is 46.3 Å². The highest BCUT2D eigenvalue weighted by Crippen LogP contribution is 2.75. The average Bonchev–Trinajstić information content (AvgIpc) is 2.77. The van der Waals surface area contributed by atoms with Gasteiger partial charge in [0.2, 0.25) is 5.78 Å². The maximum atomic E-state index is 12.9. The molecule has 5 aliphatic carbocycles. The van der Waals surface area contributed by atoms with Crippen molar-refractivity contribution in [2.45, 2.75) is 86.5 Å². The number of fused-ring (bicyclic) bond motifs is 7. The van der Waals surface area contributed by atoms with E-state index in [1.54, 1.807) is 7.11 Å². The Morgan fingerprint density at radius 3 is 2.32 bits per heavy atom. The molecule has 0 saturated heterocycles. The predicted molar refractivity (Wildman–Crippen MR) is 133 cm³/mol. The fourth-order valence-electron chi connectivity index (χ4n) is 8.90. The van der Waals surface area contributed by atoms with Gasteiger partial charge in [-0.2, -0.15) is 0 Å². The molecule has 0 radical (unpaired) electrons. The Balaban J connectivity index is 1.64. The summed E-state index contributed by atoms with van der Waals surface area (Å²) in [7, 11) is 1.57. The summed E-state index contributed by atoms with van der Waals surface area (Å²) in [4.78, 5) is 25.2. The average molecular weight is 465 g/mol. The second-order valence-corrected chi connectivity index (χ2v) is 13.1. The van der Waals surface area contributed by atoms with Crippen molar-refractivity contribution in [1.29, 1.82) is 0 Å². The zero-order chi connectivity index (χ0) is 24.9. The molecule has 0 bridgehead atoms. The van der Waals surface area contributed by atoms with Crippen molar-refractivity contribution in [3.63, 3.8) is 0 Å². The lowest BCUT2D eigenvalue weighted by Crippen LogP contribution is -2.62. The van der Waals surface area contributed by atoms with Gasteiger partial charge in [0.25, 0.3) is 0 Å². The third-order valence-corrected chi connectivity index (χ3v) is 11.6. The lowest BCUT2D eigenvalue weighted by atomic mass is 9.34. The standard InChI is InChI=1S/C30H40O4/c1-18-19-8-9-22-28(4,20(19)16-21(31)24(18)34-7)13-15-30(6)23-17-27(3,25(32)33)11-10-26(23,2)12-14-29(22,30)5/h8-9,16,23H,10-15,17H2,1-7H3,(H,32,33)/t23-,26-,27-,28+,29-,30+/m1/s1. The number of carbonyl (C=O) groups is 2. The van der Waals surface area contributed by atoms with E-state index in [2.05, 4.69) is 39.8 Å². The van der Waals surface area contributed by atoms with Crippen LogP contribution in [0.4, 0.5) is 0 Å². The molecule has 5 rings (SSSR count). The summed E-state index contributed by atoms with van der Waals surface area (Å²) in [5.74, 6) is 0.144. The third kappa shape index (κ3) is 2.72. The molecule has 0 aliphatic heterocycles. The van der Waals surface area contributed by atoms with Crippen molar-refractivity contribution in [3.05, 3.63) is 46.3 Å². The maximum absolute atomic E-state index is 12.9. The van der Waals surface area contributed by atoms with Crippen molar-refractivity contribution >= 4 is 11.8 Å². The van der Waals surface area contributed by atoms with Crippen LogP contribution in [-0.2, 0) is 14.3 Å². The van der Waals surface area contributed by atoms with E-state index < -0.39 is 11.4 Å². The van der Waals surface area contributed by atoms with Crippen LogP contribution in [0.3, 0.4) is 0 Å². The lowest BCUT2D eigenvalue weighted by molar-refractivity contribution is -0.178. The van der Waals surface area contributed by atoms with E-state index in [1.807, 2.05) is 19.9 Å². The Hall–Kier alpha value is -2.10. The molecular formula is C30H40O4. The van der Waals surface area contributed by atoms with Crippen molar-refractivity contribution in [3.8, 4) is 0 Å². The Kier molecular flexibility index (Phi) is 4.85. The van der Waals surface area contributed by atoms with Gasteiger partial charge in [-0.1, -0.05) is 45.4 Å². The number of carboxylic acid groups (broad SMARTS) is 1. The number of rotatable bonds is 2. The van der Waals surface area contributed by atoms with Crippen LogP contribution in [0.2, 0.25) is 0 Å². The molecular weight excluding hydrogens is 424 g/mol. The van der Waals surface area contributed by atoms with Gasteiger partial charge in [0.1, 0.15) is 0 Å². The number of carbonyl (C=O) groups excluding carboxylic acids is 1. The van der Waals surface area contributed by atoms with Gasteiger partial charge in [0.05, 0.1) is 12.5 Å². The largest absolute Gasteiger partial charge is 0.492 e. The summed E-state index contributed by atoms with van der Waals surface area (Å²) >= 11 is 0. The van der Waals surface area contributed by atoms with Crippen LogP contribution >= 0.6 is 0 Å². The van der Waals surface area contributed by atoms with Gasteiger partial charge in [-0.15, -0.1) is 0 Å². The molecule has 0 amide bonds. The number of allylic oxidation sites excluding steroid dienone is 7. The number of hydrogen-bond acceptors (Lipinski definition) is 3. The van der Waals surface area contributed by atoms with Gasteiger partial charge >= 0.3 is 5.97 Å². The zero-order valence-corrected chi connectivity index (χ0v) is 21.9. The van der Waals surface area contributed by atoms with Gasteiger partial charge in [-0.05, 0) is 98.2 Å². The van der Waals surface area contributed by atoms with Crippen LogP contribution in [0.1, 0.15) is 86.5 Å². The van der Waals surface area contributed by atoms with E-state index in [0.29, 0.717) is 11.7 Å². The quantitative estimate of drug-likeness (QED) is 0.489. The molecule has 34 heavy (non-hydrogen) atoms. The number of carboxylic acids is 1. The highest BCUT2D eigenvalue weighted by atomic mass is 16.5. The van der Waals surface area contributed by atoms with Crippen LogP contribution in [0.5, 0.6) is 0 Å². The summed E-state index contributed by atoms with van der Waals surface area (Å²) < 4.78 is 5.44. The minimum absolute atomic E-state index is 0.0234. The first kappa shape index (κ1) is 23.6. The first-order valence-corrected chi connectivity index (χ1v) is 12.9. The smallest absolute Gasteiger partial charge is 0.309 e. The second kappa shape index (κ2) is 6.98. The molecule has 0 aromatic rings. The molecule has 0 unspecified atom stereocenters. The minimum atomic E-state index is -0.642.